The number of carbonyl (C=O) groups is 1. The molecule has 1 fully saturated rings. The van der Waals surface area contributed by atoms with Gasteiger partial charge < -0.3 is 9.84 Å². The quantitative estimate of drug-likeness (QED) is 0.473. The molecule has 3 aromatic rings. The van der Waals surface area contributed by atoms with Crippen LogP contribution in [-0.4, -0.2) is 29.8 Å². The van der Waals surface area contributed by atoms with Gasteiger partial charge in [-0.25, -0.2) is 9.45 Å². The van der Waals surface area contributed by atoms with Gasteiger partial charge in [0.05, 0.1) is 26.9 Å². The van der Waals surface area contributed by atoms with Crippen LogP contribution in [0, 0.1) is 11.7 Å². The lowest BCUT2D eigenvalue weighted by Crippen LogP contribution is -2.31. The minimum absolute atomic E-state index is 0.0589. The molecule has 1 N–H and O–H groups in total. The first kappa shape index (κ1) is 21.5. The highest BCUT2D eigenvalue weighted by Crippen LogP contribution is 2.32. The lowest BCUT2D eigenvalue weighted by Gasteiger charge is -2.22. The number of carbonyl (C=O) groups excluding carboxylic acids is 1. The summed E-state index contributed by atoms with van der Waals surface area (Å²) < 4.78 is 19.1. The van der Waals surface area contributed by atoms with Crippen LogP contribution in [0.3, 0.4) is 0 Å². The van der Waals surface area contributed by atoms with Crippen LogP contribution in [-0.2, 0) is 18.0 Å². The predicted molar refractivity (Wildman–Crippen MR) is 117 cm³/mol. The Balaban J connectivity index is 1.58. The number of aliphatic hydroxyl groups is 1. The van der Waals surface area contributed by atoms with Crippen molar-refractivity contribution in [3.8, 4) is 16.2 Å². The second-order valence-corrected chi connectivity index (χ2v) is 8.48. The zero-order valence-corrected chi connectivity index (χ0v) is 18.0. The number of aliphatic hydroxyl groups excluding tert-OH is 1. The van der Waals surface area contributed by atoms with E-state index >= 15 is 0 Å². The molecule has 0 spiro atoms. The summed E-state index contributed by atoms with van der Waals surface area (Å²) in [5.41, 5.74) is 2.77. The highest BCUT2D eigenvalue weighted by Gasteiger charge is 2.26. The number of hydrogen-bond acceptors (Lipinski definition) is 5. The number of benzene rings is 2. The molecular weight excluding hydrogens is 417 g/mol. The molecular formula is C24H24FNO4S. The maximum Gasteiger partial charge on any atom is 0.277 e. The van der Waals surface area contributed by atoms with Crippen LogP contribution < -0.4 is 4.74 Å². The van der Waals surface area contributed by atoms with Gasteiger partial charge in [-0.1, -0.05) is 18.2 Å². The highest BCUT2D eigenvalue weighted by atomic mass is 32.1. The largest absolute Gasteiger partial charge is 0.494 e. The van der Waals surface area contributed by atoms with Crippen molar-refractivity contribution >= 4 is 17.2 Å². The Kier molecular flexibility index (Phi) is 6.65. The smallest absolute Gasteiger partial charge is 0.277 e. The number of nitrogens with zero attached hydrogens (tertiary/aromatic N) is 1. The number of thiophene rings is 1. The fourth-order valence-electron chi connectivity index (χ4n) is 3.28. The molecule has 0 bridgehead atoms. The third kappa shape index (κ3) is 5.12. The summed E-state index contributed by atoms with van der Waals surface area (Å²) in [7, 11) is 1.41. The van der Waals surface area contributed by atoms with E-state index in [0.717, 1.165) is 28.8 Å². The molecule has 162 valence electrons. The molecule has 0 radical (unpaired) electrons. The number of methoxy groups -OCH3 is 1. The maximum absolute atomic E-state index is 14.1. The lowest BCUT2D eigenvalue weighted by molar-refractivity contribution is -0.133. The fourth-order valence-corrected chi connectivity index (χ4v) is 4.20. The summed E-state index contributed by atoms with van der Waals surface area (Å²) in [6.45, 7) is 0.526. The molecule has 1 heterocycles. The summed E-state index contributed by atoms with van der Waals surface area (Å²) in [5.74, 6) is -0.150. The minimum Gasteiger partial charge on any atom is -0.494 e. The zero-order valence-electron chi connectivity index (χ0n) is 17.2. The third-order valence-electron chi connectivity index (χ3n) is 5.22. The van der Waals surface area contributed by atoms with Gasteiger partial charge in [-0.3, -0.25) is 9.63 Å². The summed E-state index contributed by atoms with van der Waals surface area (Å²) in [4.78, 5) is 20.1. The Labute approximate surface area is 184 Å². The molecule has 1 aromatic heterocycles. The summed E-state index contributed by atoms with van der Waals surface area (Å²) in [6, 6.07) is 13.8. The molecule has 0 unspecified atom stereocenters. The Morgan fingerprint density at radius 1 is 1.23 bits per heavy atom. The molecule has 31 heavy (non-hydrogen) atoms. The Morgan fingerprint density at radius 2 is 2.06 bits per heavy atom. The molecule has 2 aromatic carbocycles. The van der Waals surface area contributed by atoms with Crippen molar-refractivity contribution in [2.75, 3.05) is 13.7 Å². The predicted octanol–water partition coefficient (Wildman–Crippen LogP) is 5.04. The van der Waals surface area contributed by atoms with E-state index in [0.29, 0.717) is 23.7 Å². The molecule has 0 atom stereocenters. The van der Waals surface area contributed by atoms with Gasteiger partial charge in [-0.2, -0.15) is 0 Å². The minimum atomic E-state index is -0.481. The average molecular weight is 442 g/mol. The first-order valence-electron chi connectivity index (χ1n) is 10.1. The normalized spacial score (nSPS) is 13.3. The molecule has 5 nitrogen and oxygen atoms in total. The number of rotatable bonds is 9. The van der Waals surface area contributed by atoms with E-state index in [9.17, 15) is 14.3 Å². The first-order chi connectivity index (χ1) is 15.1. The van der Waals surface area contributed by atoms with E-state index in [1.54, 1.807) is 24.3 Å². The van der Waals surface area contributed by atoms with Crippen LogP contribution in [0.15, 0.2) is 53.9 Å². The molecule has 1 amide bonds. The second-order valence-electron chi connectivity index (χ2n) is 7.56. The van der Waals surface area contributed by atoms with E-state index in [1.807, 2.05) is 23.6 Å². The zero-order chi connectivity index (χ0) is 21.8. The third-order valence-corrected chi connectivity index (χ3v) is 6.23. The fraction of sp³-hybridized carbons (Fsp3) is 0.292. The number of hydrogen-bond donors (Lipinski definition) is 1. The standard InChI is InChI=1S/C24H24FNO4S/c1-29-22-8-7-17(11-21(22)25)13-26(30-15-16-5-6-16)24(28)19-4-2-3-18(12-19)23-20(14-27)9-10-31-23/h2-4,7-12,16,27H,5-6,13-15H2,1H3. The summed E-state index contributed by atoms with van der Waals surface area (Å²) in [5, 5.41) is 12.8. The highest BCUT2D eigenvalue weighted by molar-refractivity contribution is 7.13. The van der Waals surface area contributed by atoms with Crippen LogP contribution in [0.5, 0.6) is 5.75 Å². The van der Waals surface area contributed by atoms with Crippen molar-refractivity contribution in [1.82, 2.24) is 5.06 Å². The van der Waals surface area contributed by atoms with Crippen LogP contribution in [0.1, 0.15) is 34.3 Å². The van der Waals surface area contributed by atoms with Crippen molar-refractivity contribution < 1.29 is 23.9 Å². The molecule has 1 aliphatic rings. The van der Waals surface area contributed by atoms with Crippen molar-refractivity contribution in [3.05, 3.63) is 76.4 Å². The Bertz CT molecular complexity index is 1060. The van der Waals surface area contributed by atoms with Gasteiger partial charge in [0.15, 0.2) is 11.6 Å². The molecule has 1 saturated carbocycles. The van der Waals surface area contributed by atoms with Crippen LogP contribution in [0.25, 0.3) is 10.4 Å². The van der Waals surface area contributed by atoms with Gasteiger partial charge in [0, 0.05) is 10.4 Å². The number of ether oxygens (including phenoxy) is 1. The van der Waals surface area contributed by atoms with Crippen LogP contribution in [0.4, 0.5) is 4.39 Å². The molecule has 4 rings (SSSR count). The molecule has 7 heteroatoms. The lowest BCUT2D eigenvalue weighted by atomic mass is 10.1. The van der Waals surface area contributed by atoms with E-state index in [-0.39, 0.29) is 24.8 Å². The Hall–Kier alpha value is -2.74. The van der Waals surface area contributed by atoms with Crippen molar-refractivity contribution in [2.45, 2.75) is 26.0 Å². The SMILES string of the molecule is COc1ccc(CN(OCC2CC2)C(=O)c2cccc(-c3sccc3CO)c2)cc1F. The van der Waals surface area contributed by atoms with Crippen molar-refractivity contribution in [1.29, 1.82) is 0 Å². The number of hydroxylamine groups is 2. The topological polar surface area (TPSA) is 59.0 Å². The molecule has 1 aliphatic carbocycles. The van der Waals surface area contributed by atoms with Gasteiger partial charge in [0.25, 0.3) is 5.91 Å². The molecule has 0 saturated heterocycles. The maximum atomic E-state index is 14.1. The van der Waals surface area contributed by atoms with E-state index in [1.165, 1.54) is 29.6 Å². The van der Waals surface area contributed by atoms with Crippen LogP contribution >= 0.6 is 11.3 Å². The van der Waals surface area contributed by atoms with Crippen molar-refractivity contribution in [3.63, 3.8) is 0 Å². The second kappa shape index (κ2) is 9.60. The average Bonchev–Trinajstić information content (AvgIpc) is 3.50. The van der Waals surface area contributed by atoms with Crippen molar-refractivity contribution in [2.24, 2.45) is 5.92 Å². The van der Waals surface area contributed by atoms with Gasteiger partial charge in [0.2, 0.25) is 0 Å². The number of amides is 1. The first-order valence-corrected chi connectivity index (χ1v) is 11.0. The van der Waals surface area contributed by atoms with Gasteiger partial charge in [0.1, 0.15) is 0 Å². The van der Waals surface area contributed by atoms with Crippen LogP contribution in [0.2, 0.25) is 0 Å². The molecule has 0 aliphatic heterocycles. The van der Waals surface area contributed by atoms with Gasteiger partial charge >= 0.3 is 0 Å². The summed E-state index contributed by atoms with van der Waals surface area (Å²) in [6.07, 6.45) is 2.19. The number of halogens is 1. The van der Waals surface area contributed by atoms with Gasteiger partial charge in [-0.15, -0.1) is 11.3 Å². The summed E-state index contributed by atoms with van der Waals surface area (Å²) >= 11 is 1.52. The Morgan fingerprint density at radius 3 is 2.77 bits per heavy atom. The van der Waals surface area contributed by atoms with E-state index < -0.39 is 5.82 Å². The van der Waals surface area contributed by atoms with E-state index in [4.69, 9.17) is 9.57 Å². The monoisotopic (exact) mass is 441 g/mol. The van der Waals surface area contributed by atoms with Gasteiger partial charge in [-0.05, 0) is 71.2 Å². The van der Waals surface area contributed by atoms with E-state index in [2.05, 4.69) is 0 Å².